The number of likely N-dealkylation sites (tertiary alicyclic amines) is 1. The van der Waals surface area contributed by atoms with Crippen molar-refractivity contribution in [2.45, 2.75) is 38.8 Å². The van der Waals surface area contributed by atoms with Crippen molar-refractivity contribution in [1.29, 1.82) is 0 Å². The number of benzene rings is 1. The Balaban J connectivity index is 1.55. The summed E-state index contributed by atoms with van der Waals surface area (Å²) < 4.78 is 5.60. The molecule has 0 amide bonds. The van der Waals surface area contributed by atoms with Gasteiger partial charge in [-0.05, 0) is 26.3 Å². The van der Waals surface area contributed by atoms with Crippen LogP contribution in [0, 0.1) is 6.92 Å². The molecule has 1 fully saturated rings. The molecule has 1 aliphatic heterocycles. The summed E-state index contributed by atoms with van der Waals surface area (Å²) in [6.07, 6.45) is 3.40. The van der Waals surface area contributed by atoms with Gasteiger partial charge in [-0.1, -0.05) is 41.9 Å². The second-order valence-corrected chi connectivity index (χ2v) is 7.29. The molecule has 0 spiro atoms. The monoisotopic (exact) mass is 341 g/mol. The first-order valence-electron chi connectivity index (χ1n) is 8.21. The van der Waals surface area contributed by atoms with E-state index in [1.165, 1.54) is 12.8 Å². The lowest BCUT2D eigenvalue weighted by Gasteiger charge is -2.32. The SMILES string of the molecule is Cc1nnc(CN2CCCC[C@H]2c2nc(-c3ccccc3)no2)s1. The van der Waals surface area contributed by atoms with Gasteiger partial charge in [-0.2, -0.15) is 4.98 Å². The molecule has 0 aliphatic carbocycles. The summed E-state index contributed by atoms with van der Waals surface area (Å²) in [5.74, 6) is 1.36. The van der Waals surface area contributed by atoms with E-state index in [-0.39, 0.29) is 6.04 Å². The first-order chi connectivity index (χ1) is 11.8. The van der Waals surface area contributed by atoms with Crippen molar-refractivity contribution in [3.8, 4) is 11.4 Å². The zero-order chi connectivity index (χ0) is 16.4. The Hall–Kier alpha value is -2.12. The number of hydrogen-bond donors (Lipinski definition) is 0. The van der Waals surface area contributed by atoms with Crippen LogP contribution in [0.1, 0.15) is 41.2 Å². The molecule has 24 heavy (non-hydrogen) atoms. The Labute approximate surface area is 144 Å². The Morgan fingerprint density at radius 1 is 1.21 bits per heavy atom. The van der Waals surface area contributed by atoms with E-state index >= 15 is 0 Å². The molecule has 3 heterocycles. The van der Waals surface area contributed by atoms with Crippen LogP contribution in [0.15, 0.2) is 34.9 Å². The molecule has 3 aromatic rings. The molecule has 6 nitrogen and oxygen atoms in total. The summed E-state index contributed by atoms with van der Waals surface area (Å²) in [5.41, 5.74) is 0.981. The molecule has 0 N–H and O–H groups in total. The van der Waals surface area contributed by atoms with Crippen molar-refractivity contribution < 1.29 is 4.52 Å². The fourth-order valence-electron chi connectivity index (χ4n) is 3.11. The lowest BCUT2D eigenvalue weighted by atomic mass is 10.0. The minimum Gasteiger partial charge on any atom is -0.337 e. The van der Waals surface area contributed by atoms with Gasteiger partial charge in [0.25, 0.3) is 0 Å². The molecule has 1 aliphatic rings. The highest BCUT2D eigenvalue weighted by atomic mass is 32.1. The zero-order valence-corrected chi connectivity index (χ0v) is 14.4. The number of hydrogen-bond acceptors (Lipinski definition) is 7. The average molecular weight is 341 g/mol. The standard InChI is InChI=1S/C17H19N5OS/c1-12-19-20-15(24-12)11-22-10-6-5-9-14(22)17-18-16(21-23-17)13-7-3-2-4-8-13/h2-4,7-8,14H,5-6,9-11H2,1H3/t14-/m0/s1. The number of aromatic nitrogens is 4. The average Bonchev–Trinajstić information content (AvgIpc) is 3.26. The number of nitrogens with zero attached hydrogens (tertiary/aromatic N) is 5. The van der Waals surface area contributed by atoms with Crippen LogP contribution in [-0.4, -0.2) is 31.8 Å². The largest absolute Gasteiger partial charge is 0.337 e. The van der Waals surface area contributed by atoms with Crippen molar-refractivity contribution in [1.82, 2.24) is 25.2 Å². The molecular weight excluding hydrogens is 322 g/mol. The molecule has 124 valence electrons. The van der Waals surface area contributed by atoms with E-state index in [9.17, 15) is 0 Å². The molecule has 0 radical (unpaired) electrons. The third kappa shape index (κ3) is 3.22. The molecule has 2 aromatic heterocycles. The van der Waals surface area contributed by atoms with E-state index in [0.29, 0.717) is 11.7 Å². The lowest BCUT2D eigenvalue weighted by Crippen LogP contribution is -2.33. The van der Waals surface area contributed by atoms with Crippen molar-refractivity contribution >= 4 is 11.3 Å². The smallest absolute Gasteiger partial charge is 0.244 e. The van der Waals surface area contributed by atoms with E-state index in [1.54, 1.807) is 11.3 Å². The Morgan fingerprint density at radius 3 is 2.88 bits per heavy atom. The summed E-state index contributed by atoms with van der Waals surface area (Å²) in [5, 5.41) is 14.6. The van der Waals surface area contributed by atoms with Gasteiger partial charge in [0.15, 0.2) is 0 Å². The summed E-state index contributed by atoms with van der Waals surface area (Å²) in [4.78, 5) is 7.03. The summed E-state index contributed by atoms with van der Waals surface area (Å²) in [7, 11) is 0. The predicted octanol–water partition coefficient (Wildman–Crippen LogP) is 3.62. The van der Waals surface area contributed by atoms with Crippen LogP contribution in [0.3, 0.4) is 0 Å². The van der Waals surface area contributed by atoms with Gasteiger partial charge in [0, 0.05) is 5.56 Å². The van der Waals surface area contributed by atoms with Gasteiger partial charge < -0.3 is 4.52 Å². The normalized spacial score (nSPS) is 18.8. The van der Waals surface area contributed by atoms with Crippen LogP contribution in [0.5, 0.6) is 0 Å². The number of aryl methyl sites for hydroxylation is 1. The third-order valence-electron chi connectivity index (χ3n) is 4.28. The summed E-state index contributed by atoms with van der Waals surface area (Å²) in [6.45, 7) is 3.80. The van der Waals surface area contributed by atoms with E-state index in [0.717, 1.165) is 35.1 Å². The molecule has 1 saturated heterocycles. The molecule has 4 rings (SSSR count). The highest BCUT2D eigenvalue weighted by Gasteiger charge is 2.29. The van der Waals surface area contributed by atoms with Crippen molar-refractivity contribution in [3.63, 3.8) is 0 Å². The molecule has 7 heteroatoms. The summed E-state index contributed by atoms with van der Waals surface area (Å²) in [6, 6.07) is 10.1. The van der Waals surface area contributed by atoms with Crippen LogP contribution in [0.4, 0.5) is 0 Å². The summed E-state index contributed by atoms with van der Waals surface area (Å²) >= 11 is 1.65. The number of rotatable bonds is 4. The first kappa shape index (κ1) is 15.4. The van der Waals surface area contributed by atoms with Gasteiger partial charge in [0.05, 0.1) is 12.6 Å². The highest BCUT2D eigenvalue weighted by Crippen LogP contribution is 2.32. The maximum absolute atomic E-state index is 5.60. The second-order valence-electron chi connectivity index (χ2n) is 6.02. The molecule has 0 bridgehead atoms. The minimum atomic E-state index is 0.160. The topological polar surface area (TPSA) is 67.9 Å². The maximum Gasteiger partial charge on any atom is 0.244 e. The third-order valence-corrected chi connectivity index (χ3v) is 5.10. The van der Waals surface area contributed by atoms with Gasteiger partial charge in [0.1, 0.15) is 10.0 Å². The van der Waals surface area contributed by atoms with Crippen LogP contribution in [-0.2, 0) is 6.54 Å². The Morgan fingerprint density at radius 2 is 2.08 bits per heavy atom. The quantitative estimate of drug-likeness (QED) is 0.722. The molecular formula is C17H19N5OS. The van der Waals surface area contributed by atoms with Crippen molar-refractivity contribution in [3.05, 3.63) is 46.2 Å². The van der Waals surface area contributed by atoms with Gasteiger partial charge in [-0.15, -0.1) is 21.5 Å². The number of piperidine rings is 1. The van der Waals surface area contributed by atoms with Crippen molar-refractivity contribution in [2.75, 3.05) is 6.54 Å². The second kappa shape index (κ2) is 6.78. The van der Waals surface area contributed by atoms with Crippen LogP contribution >= 0.6 is 11.3 Å². The van der Waals surface area contributed by atoms with E-state index in [2.05, 4.69) is 25.2 Å². The van der Waals surface area contributed by atoms with Crippen molar-refractivity contribution in [2.24, 2.45) is 0 Å². The first-order valence-corrected chi connectivity index (χ1v) is 9.03. The zero-order valence-electron chi connectivity index (χ0n) is 13.6. The van der Waals surface area contributed by atoms with Gasteiger partial charge >= 0.3 is 0 Å². The van der Waals surface area contributed by atoms with Crippen LogP contribution in [0.25, 0.3) is 11.4 Å². The van der Waals surface area contributed by atoms with Crippen LogP contribution < -0.4 is 0 Å². The Bertz CT molecular complexity index is 800. The fourth-order valence-corrected chi connectivity index (χ4v) is 3.84. The minimum absolute atomic E-state index is 0.160. The van der Waals surface area contributed by atoms with E-state index in [1.807, 2.05) is 37.3 Å². The van der Waals surface area contributed by atoms with E-state index in [4.69, 9.17) is 4.52 Å². The van der Waals surface area contributed by atoms with Gasteiger partial charge in [-0.25, -0.2) is 0 Å². The van der Waals surface area contributed by atoms with Gasteiger partial charge in [0.2, 0.25) is 11.7 Å². The predicted molar refractivity (Wildman–Crippen MR) is 91.4 cm³/mol. The lowest BCUT2D eigenvalue weighted by molar-refractivity contribution is 0.111. The molecule has 1 atom stereocenters. The highest BCUT2D eigenvalue weighted by molar-refractivity contribution is 7.11. The molecule has 0 saturated carbocycles. The fraction of sp³-hybridized carbons (Fsp3) is 0.412. The Kier molecular flexibility index (Phi) is 4.36. The molecule has 0 unspecified atom stereocenters. The molecule has 1 aromatic carbocycles. The van der Waals surface area contributed by atoms with Crippen LogP contribution in [0.2, 0.25) is 0 Å². The van der Waals surface area contributed by atoms with Gasteiger partial charge in [-0.3, -0.25) is 4.90 Å². The maximum atomic E-state index is 5.60. The van der Waals surface area contributed by atoms with E-state index < -0.39 is 0 Å².